The average Bonchev–Trinajstić information content (AvgIpc) is 3.10. The Bertz CT molecular complexity index is 526. The molecule has 2 aliphatic heterocycles. The standard InChI is InChI=1S/C16H22N2O3S/c1-12(19)18-11-16(9-14(18)15(20)21)4-6-17(7-5-16)10-13-3-2-8-22-13/h2-3,8,14H,4-7,9-11H2,1H3,(H,20,21)/t14-/m0/s1. The number of hydrogen-bond acceptors (Lipinski definition) is 4. The van der Waals surface area contributed by atoms with Crippen LogP contribution in [-0.4, -0.2) is 52.5 Å². The van der Waals surface area contributed by atoms with E-state index in [1.807, 2.05) is 0 Å². The topological polar surface area (TPSA) is 60.9 Å². The van der Waals surface area contributed by atoms with Crippen LogP contribution in [0.4, 0.5) is 0 Å². The number of hydrogen-bond donors (Lipinski definition) is 1. The fourth-order valence-electron chi connectivity index (χ4n) is 3.78. The number of carboxylic acid groups (broad SMARTS) is 1. The lowest BCUT2D eigenvalue weighted by molar-refractivity contribution is -0.147. The Hall–Kier alpha value is -1.40. The van der Waals surface area contributed by atoms with Crippen LogP contribution < -0.4 is 0 Å². The molecule has 1 spiro atoms. The average molecular weight is 322 g/mol. The van der Waals surface area contributed by atoms with E-state index in [0.717, 1.165) is 32.5 Å². The van der Waals surface area contributed by atoms with Gasteiger partial charge in [0.05, 0.1) is 0 Å². The summed E-state index contributed by atoms with van der Waals surface area (Å²) in [5.74, 6) is -0.988. The molecule has 0 bridgehead atoms. The van der Waals surface area contributed by atoms with Gasteiger partial charge >= 0.3 is 5.97 Å². The number of carbonyl (C=O) groups is 2. The van der Waals surface area contributed by atoms with Gasteiger partial charge in [-0.15, -0.1) is 11.3 Å². The first-order valence-corrected chi connectivity index (χ1v) is 8.62. The summed E-state index contributed by atoms with van der Waals surface area (Å²) < 4.78 is 0. The summed E-state index contributed by atoms with van der Waals surface area (Å²) in [6.45, 7) is 5.02. The zero-order valence-electron chi connectivity index (χ0n) is 12.8. The van der Waals surface area contributed by atoms with E-state index >= 15 is 0 Å². The molecule has 1 aromatic heterocycles. The lowest BCUT2D eigenvalue weighted by atomic mass is 9.76. The zero-order valence-corrected chi connectivity index (χ0v) is 13.6. The van der Waals surface area contributed by atoms with Crippen LogP contribution in [0.2, 0.25) is 0 Å². The molecule has 1 atom stereocenters. The molecule has 1 N–H and O–H groups in total. The molecule has 6 heteroatoms. The van der Waals surface area contributed by atoms with Gasteiger partial charge < -0.3 is 10.0 Å². The smallest absolute Gasteiger partial charge is 0.326 e. The van der Waals surface area contributed by atoms with Gasteiger partial charge in [-0.3, -0.25) is 9.69 Å². The first-order chi connectivity index (χ1) is 10.5. The first kappa shape index (κ1) is 15.5. The molecule has 2 saturated heterocycles. The Kier molecular flexibility index (Phi) is 4.23. The highest BCUT2D eigenvalue weighted by atomic mass is 32.1. The number of piperidine rings is 1. The highest BCUT2D eigenvalue weighted by molar-refractivity contribution is 7.09. The minimum absolute atomic E-state index is 0.000671. The van der Waals surface area contributed by atoms with Gasteiger partial charge in [0, 0.05) is 24.9 Å². The van der Waals surface area contributed by atoms with Crippen molar-refractivity contribution >= 4 is 23.2 Å². The number of likely N-dealkylation sites (tertiary alicyclic amines) is 2. The van der Waals surface area contributed by atoms with E-state index in [0.29, 0.717) is 13.0 Å². The van der Waals surface area contributed by atoms with Crippen LogP contribution in [0.5, 0.6) is 0 Å². The Morgan fingerprint density at radius 2 is 2.14 bits per heavy atom. The molecule has 5 nitrogen and oxygen atoms in total. The van der Waals surface area contributed by atoms with Crippen LogP contribution in [0.1, 0.15) is 31.1 Å². The van der Waals surface area contributed by atoms with Crippen molar-refractivity contribution in [1.82, 2.24) is 9.80 Å². The summed E-state index contributed by atoms with van der Waals surface area (Å²) in [7, 11) is 0. The molecule has 0 radical (unpaired) electrons. The quantitative estimate of drug-likeness (QED) is 0.925. The fourth-order valence-corrected chi connectivity index (χ4v) is 4.52. The van der Waals surface area contributed by atoms with Crippen LogP contribution in [0.3, 0.4) is 0 Å². The SMILES string of the molecule is CC(=O)N1CC2(CCN(Cc3cccs3)CC2)C[C@H]1C(=O)O. The van der Waals surface area contributed by atoms with Crippen LogP contribution in [0.25, 0.3) is 0 Å². The third-order valence-corrected chi connectivity index (χ3v) is 5.94. The van der Waals surface area contributed by atoms with Crippen molar-refractivity contribution in [2.45, 2.75) is 38.8 Å². The highest BCUT2D eigenvalue weighted by Crippen LogP contribution is 2.43. The monoisotopic (exact) mass is 322 g/mol. The molecule has 2 aliphatic rings. The Balaban J connectivity index is 1.62. The summed E-state index contributed by atoms with van der Waals surface area (Å²) in [6, 6.07) is 3.59. The minimum Gasteiger partial charge on any atom is -0.480 e. The summed E-state index contributed by atoms with van der Waals surface area (Å²) in [5.41, 5.74) is 0.000671. The van der Waals surface area contributed by atoms with Gasteiger partial charge in [0.15, 0.2) is 0 Å². The maximum Gasteiger partial charge on any atom is 0.326 e. The van der Waals surface area contributed by atoms with Gasteiger partial charge in [-0.05, 0) is 49.2 Å². The number of rotatable bonds is 3. The van der Waals surface area contributed by atoms with Crippen molar-refractivity contribution in [3.05, 3.63) is 22.4 Å². The molecule has 1 amide bonds. The van der Waals surface area contributed by atoms with E-state index in [2.05, 4.69) is 22.4 Å². The van der Waals surface area contributed by atoms with Crippen LogP contribution in [0.15, 0.2) is 17.5 Å². The minimum atomic E-state index is -0.868. The summed E-state index contributed by atoms with van der Waals surface area (Å²) >= 11 is 1.78. The molecule has 0 aliphatic carbocycles. The number of amides is 1. The zero-order chi connectivity index (χ0) is 15.7. The molecule has 1 aromatic rings. The van der Waals surface area contributed by atoms with E-state index < -0.39 is 12.0 Å². The summed E-state index contributed by atoms with van der Waals surface area (Å²) in [6.07, 6.45) is 2.56. The summed E-state index contributed by atoms with van der Waals surface area (Å²) in [5, 5.41) is 11.5. The van der Waals surface area contributed by atoms with E-state index in [9.17, 15) is 14.7 Å². The number of nitrogens with zero attached hydrogens (tertiary/aromatic N) is 2. The fraction of sp³-hybridized carbons (Fsp3) is 0.625. The highest BCUT2D eigenvalue weighted by Gasteiger charge is 2.48. The molecule has 3 heterocycles. The van der Waals surface area contributed by atoms with Gasteiger partial charge in [0.1, 0.15) is 6.04 Å². The Labute approximate surface area is 134 Å². The predicted octanol–water partition coefficient (Wildman–Crippen LogP) is 2.04. The molecular weight excluding hydrogens is 300 g/mol. The molecule has 0 aromatic carbocycles. The van der Waals surface area contributed by atoms with Gasteiger partial charge in [-0.25, -0.2) is 4.79 Å². The van der Waals surface area contributed by atoms with Crippen molar-refractivity contribution in [3.63, 3.8) is 0 Å². The lowest BCUT2D eigenvalue weighted by Crippen LogP contribution is -2.42. The molecule has 22 heavy (non-hydrogen) atoms. The third kappa shape index (κ3) is 3.03. The van der Waals surface area contributed by atoms with Crippen molar-refractivity contribution in [3.8, 4) is 0 Å². The van der Waals surface area contributed by atoms with E-state index in [-0.39, 0.29) is 11.3 Å². The summed E-state index contributed by atoms with van der Waals surface area (Å²) in [4.78, 5) is 28.5. The second kappa shape index (κ2) is 6.01. The molecule has 2 fully saturated rings. The van der Waals surface area contributed by atoms with Crippen molar-refractivity contribution in [2.75, 3.05) is 19.6 Å². The third-order valence-electron chi connectivity index (χ3n) is 5.07. The van der Waals surface area contributed by atoms with Crippen molar-refractivity contribution in [1.29, 1.82) is 0 Å². The molecular formula is C16H22N2O3S. The molecule has 3 rings (SSSR count). The van der Waals surface area contributed by atoms with Gasteiger partial charge in [-0.2, -0.15) is 0 Å². The van der Waals surface area contributed by atoms with Gasteiger partial charge in [-0.1, -0.05) is 6.07 Å². The normalized spacial score (nSPS) is 24.8. The number of carbonyl (C=O) groups excluding carboxylic acids is 1. The first-order valence-electron chi connectivity index (χ1n) is 7.74. The number of carboxylic acids is 1. The number of thiophene rings is 1. The molecule has 120 valence electrons. The van der Waals surface area contributed by atoms with Crippen LogP contribution >= 0.6 is 11.3 Å². The lowest BCUT2D eigenvalue weighted by Gasteiger charge is -2.39. The second-order valence-electron chi connectivity index (χ2n) is 6.56. The second-order valence-corrected chi connectivity index (χ2v) is 7.59. The van der Waals surface area contributed by atoms with E-state index in [4.69, 9.17) is 0 Å². The predicted molar refractivity (Wildman–Crippen MR) is 84.7 cm³/mol. The van der Waals surface area contributed by atoms with E-state index in [1.54, 1.807) is 16.2 Å². The maximum absolute atomic E-state index is 11.7. The number of aliphatic carboxylic acids is 1. The maximum atomic E-state index is 11.7. The Morgan fingerprint density at radius 3 is 2.64 bits per heavy atom. The van der Waals surface area contributed by atoms with Crippen molar-refractivity contribution < 1.29 is 14.7 Å². The van der Waals surface area contributed by atoms with Gasteiger partial charge in [0.2, 0.25) is 5.91 Å². The Morgan fingerprint density at radius 1 is 1.41 bits per heavy atom. The van der Waals surface area contributed by atoms with Crippen LogP contribution in [-0.2, 0) is 16.1 Å². The molecule has 0 unspecified atom stereocenters. The van der Waals surface area contributed by atoms with Crippen molar-refractivity contribution in [2.24, 2.45) is 5.41 Å². The van der Waals surface area contributed by atoms with Gasteiger partial charge in [0.25, 0.3) is 0 Å². The molecule has 0 saturated carbocycles. The van der Waals surface area contributed by atoms with Crippen LogP contribution in [0, 0.1) is 5.41 Å². The van der Waals surface area contributed by atoms with E-state index in [1.165, 1.54) is 11.8 Å². The largest absolute Gasteiger partial charge is 0.480 e.